The molecule has 1 heterocycles. The second-order valence-electron chi connectivity index (χ2n) is 9.40. The molecular formula is C32H39N3O2S. The SMILES string of the molecule is C=C/C=C(\C)c1scc(C(=O)NC2=C(C)CCC(CNc3cccc(C(C)=O)c3)=C2/C=C\CC)c1NCC. The van der Waals surface area contributed by atoms with E-state index in [1.54, 1.807) is 24.3 Å². The Bertz CT molecular complexity index is 1320. The Balaban J connectivity index is 1.92. The number of benzene rings is 1. The molecule has 1 aromatic heterocycles. The van der Waals surface area contributed by atoms with Crippen molar-refractivity contribution in [2.45, 2.75) is 53.9 Å². The largest absolute Gasteiger partial charge is 0.384 e. The zero-order chi connectivity index (χ0) is 27.7. The molecule has 1 aliphatic rings. The number of allylic oxidation sites excluding steroid dienone is 6. The highest BCUT2D eigenvalue weighted by Crippen LogP contribution is 2.35. The number of amides is 1. The first-order valence-electron chi connectivity index (χ1n) is 13.2. The Hall–Kier alpha value is -3.64. The molecule has 0 radical (unpaired) electrons. The molecule has 0 spiro atoms. The summed E-state index contributed by atoms with van der Waals surface area (Å²) in [6.07, 6.45) is 10.7. The van der Waals surface area contributed by atoms with Gasteiger partial charge in [-0.15, -0.1) is 11.3 Å². The monoisotopic (exact) mass is 529 g/mol. The Morgan fingerprint density at radius 1 is 1.13 bits per heavy atom. The average Bonchev–Trinajstić information content (AvgIpc) is 3.32. The van der Waals surface area contributed by atoms with E-state index in [0.29, 0.717) is 17.7 Å². The summed E-state index contributed by atoms with van der Waals surface area (Å²) in [6, 6.07) is 7.58. The van der Waals surface area contributed by atoms with E-state index >= 15 is 0 Å². The van der Waals surface area contributed by atoms with Crippen LogP contribution < -0.4 is 16.0 Å². The van der Waals surface area contributed by atoms with Gasteiger partial charge in [-0.2, -0.15) is 0 Å². The molecule has 0 bridgehead atoms. The first-order valence-corrected chi connectivity index (χ1v) is 14.1. The smallest absolute Gasteiger partial charge is 0.258 e. The summed E-state index contributed by atoms with van der Waals surface area (Å²) >= 11 is 1.56. The van der Waals surface area contributed by atoms with Crippen LogP contribution in [0.1, 0.15) is 79.5 Å². The van der Waals surface area contributed by atoms with Gasteiger partial charge >= 0.3 is 0 Å². The fourth-order valence-corrected chi connectivity index (χ4v) is 5.47. The van der Waals surface area contributed by atoms with Gasteiger partial charge in [0.15, 0.2) is 5.78 Å². The van der Waals surface area contributed by atoms with E-state index in [1.807, 2.05) is 49.6 Å². The zero-order valence-corrected chi connectivity index (χ0v) is 24.0. The Morgan fingerprint density at radius 3 is 2.61 bits per heavy atom. The molecule has 0 fully saturated rings. The van der Waals surface area contributed by atoms with Crippen LogP contribution in [0.2, 0.25) is 0 Å². The first kappa shape index (κ1) is 28.9. The average molecular weight is 530 g/mol. The molecule has 5 nitrogen and oxygen atoms in total. The van der Waals surface area contributed by atoms with Crippen molar-refractivity contribution in [3.63, 3.8) is 0 Å². The van der Waals surface area contributed by atoms with Gasteiger partial charge in [0.05, 0.1) is 16.1 Å². The first-order chi connectivity index (χ1) is 18.3. The molecule has 1 aromatic carbocycles. The second kappa shape index (κ2) is 13.8. The summed E-state index contributed by atoms with van der Waals surface area (Å²) in [5.74, 6) is -0.0701. The van der Waals surface area contributed by atoms with Gasteiger partial charge in [0.1, 0.15) is 0 Å². The number of anilines is 2. The topological polar surface area (TPSA) is 70.2 Å². The van der Waals surface area contributed by atoms with Gasteiger partial charge in [0.25, 0.3) is 5.91 Å². The third-order valence-electron chi connectivity index (χ3n) is 6.53. The lowest BCUT2D eigenvalue weighted by molar-refractivity contribution is 0.0966. The van der Waals surface area contributed by atoms with Gasteiger partial charge in [-0.05, 0) is 81.4 Å². The fraction of sp³-hybridized carbons (Fsp3) is 0.312. The molecule has 0 saturated heterocycles. The molecule has 1 aliphatic carbocycles. The molecule has 3 N–H and O–H groups in total. The minimum atomic E-state index is -0.116. The molecule has 200 valence electrons. The molecule has 0 atom stereocenters. The van der Waals surface area contributed by atoms with Crippen LogP contribution in [-0.2, 0) is 0 Å². The van der Waals surface area contributed by atoms with E-state index in [0.717, 1.165) is 58.9 Å². The van der Waals surface area contributed by atoms with E-state index in [9.17, 15) is 9.59 Å². The van der Waals surface area contributed by atoms with Gasteiger partial charge in [0, 0.05) is 35.4 Å². The number of Topliss-reactive ketones (excluding diaryl/α,β-unsaturated/α-hetero) is 1. The van der Waals surface area contributed by atoms with Crippen molar-refractivity contribution >= 4 is 40.0 Å². The third kappa shape index (κ3) is 7.01. The second-order valence-corrected chi connectivity index (χ2v) is 10.3. The summed E-state index contributed by atoms with van der Waals surface area (Å²) in [7, 11) is 0. The summed E-state index contributed by atoms with van der Waals surface area (Å²) in [4.78, 5) is 26.5. The molecule has 1 amide bonds. The van der Waals surface area contributed by atoms with E-state index in [-0.39, 0.29) is 11.7 Å². The van der Waals surface area contributed by atoms with Crippen molar-refractivity contribution in [1.82, 2.24) is 5.32 Å². The van der Waals surface area contributed by atoms with Crippen LogP contribution in [0.5, 0.6) is 0 Å². The number of thiophene rings is 1. The lowest BCUT2D eigenvalue weighted by atomic mass is 9.89. The van der Waals surface area contributed by atoms with Gasteiger partial charge in [0.2, 0.25) is 0 Å². The number of hydrogen-bond donors (Lipinski definition) is 3. The predicted molar refractivity (Wildman–Crippen MR) is 163 cm³/mol. The van der Waals surface area contributed by atoms with Crippen LogP contribution >= 0.6 is 11.3 Å². The maximum absolute atomic E-state index is 13.6. The third-order valence-corrected chi connectivity index (χ3v) is 7.64. The summed E-state index contributed by atoms with van der Waals surface area (Å²) < 4.78 is 0. The van der Waals surface area contributed by atoms with Crippen LogP contribution in [0.15, 0.2) is 82.9 Å². The van der Waals surface area contributed by atoms with E-state index in [2.05, 4.69) is 48.5 Å². The standard InChI is InChI=1S/C32H39N3O2S/c1-7-10-15-27-25(19-34-26-14-11-13-24(18-26)23(6)36)17-16-21(4)29(27)35-32(37)28-20-38-31(22(5)12-8-2)30(28)33-9-3/h8,10-15,18,20,33-34H,2,7,9,16-17,19H2,1,3-6H3,(H,35,37)/b15-10-,22-12+. The molecule has 3 rings (SSSR count). The highest BCUT2D eigenvalue weighted by molar-refractivity contribution is 7.12. The fourth-order valence-electron chi connectivity index (χ4n) is 4.46. The minimum Gasteiger partial charge on any atom is -0.384 e. The molecular weight excluding hydrogens is 490 g/mol. The van der Waals surface area contributed by atoms with Crippen molar-refractivity contribution in [1.29, 1.82) is 0 Å². The molecule has 0 unspecified atom stereocenters. The zero-order valence-electron chi connectivity index (χ0n) is 23.2. The van der Waals surface area contributed by atoms with E-state index in [1.165, 1.54) is 11.1 Å². The summed E-state index contributed by atoms with van der Waals surface area (Å²) in [5, 5.41) is 12.1. The number of hydrogen-bond acceptors (Lipinski definition) is 5. The predicted octanol–water partition coefficient (Wildman–Crippen LogP) is 8.14. The van der Waals surface area contributed by atoms with Crippen molar-refractivity contribution in [3.8, 4) is 0 Å². The van der Waals surface area contributed by atoms with Crippen molar-refractivity contribution in [2.24, 2.45) is 0 Å². The van der Waals surface area contributed by atoms with Crippen molar-refractivity contribution < 1.29 is 9.59 Å². The lowest BCUT2D eigenvalue weighted by Crippen LogP contribution is -2.28. The van der Waals surface area contributed by atoms with Crippen molar-refractivity contribution in [3.05, 3.63) is 98.9 Å². The quantitative estimate of drug-likeness (QED) is 0.192. The van der Waals surface area contributed by atoms with Crippen molar-refractivity contribution in [2.75, 3.05) is 23.7 Å². The van der Waals surface area contributed by atoms with Gasteiger partial charge in [-0.1, -0.05) is 49.9 Å². The number of carbonyl (C=O) groups is 2. The van der Waals surface area contributed by atoms with Crippen LogP contribution in [-0.4, -0.2) is 24.8 Å². The van der Waals surface area contributed by atoms with Crippen LogP contribution in [0.25, 0.3) is 5.57 Å². The molecule has 0 saturated carbocycles. The van der Waals surface area contributed by atoms with Crippen LogP contribution in [0, 0.1) is 0 Å². The lowest BCUT2D eigenvalue weighted by Gasteiger charge is -2.25. The molecule has 0 aliphatic heterocycles. The highest BCUT2D eigenvalue weighted by atomic mass is 32.1. The molecule has 6 heteroatoms. The van der Waals surface area contributed by atoms with E-state index < -0.39 is 0 Å². The number of carbonyl (C=O) groups excluding carboxylic acids is 2. The normalized spacial score (nSPS) is 14.2. The number of nitrogens with one attached hydrogen (secondary N) is 3. The van der Waals surface area contributed by atoms with Gasteiger partial charge < -0.3 is 16.0 Å². The van der Waals surface area contributed by atoms with Gasteiger partial charge in [-0.3, -0.25) is 9.59 Å². The maximum Gasteiger partial charge on any atom is 0.258 e. The highest BCUT2D eigenvalue weighted by Gasteiger charge is 2.23. The minimum absolute atomic E-state index is 0.0457. The molecule has 38 heavy (non-hydrogen) atoms. The summed E-state index contributed by atoms with van der Waals surface area (Å²) in [6.45, 7) is 15.0. The van der Waals surface area contributed by atoms with Crippen LogP contribution in [0.4, 0.5) is 11.4 Å². The maximum atomic E-state index is 13.6. The summed E-state index contributed by atoms with van der Waals surface area (Å²) in [5.41, 5.74) is 8.51. The molecule has 2 aromatic rings. The number of rotatable bonds is 12. The van der Waals surface area contributed by atoms with E-state index in [4.69, 9.17) is 0 Å². The Kier molecular flexibility index (Phi) is 10.5. The van der Waals surface area contributed by atoms with Crippen LogP contribution in [0.3, 0.4) is 0 Å². The Morgan fingerprint density at radius 2 is 1.92 bits per heavy atom. The Labute approximate surface area is 231 Å². The van der Waals surface area contributed by atoms with Gasteiger partial charge in [-0.25, -0.2) is 0 Å². The number of ketones is 1.